The first-order chi connectivity index (χ1) is 11.2. The second kappa shape index (κ2) is 8.99. The van der Waals surface area contributed by atoms with Crippen molar-refractivity contribution in [3.63, 3.8) is 0 Å². The van der Waals surface area contributed by atoms with Gasteiger partial charge in [0.25, 0.3) is 0 Å². The largest absolute Gasteiger partial charge is 0.493 e. The molecule has 23 heavy (non-hydrogen) atoms. The molecule has 3 nitrogen and oxygen atoms in total. The predicted molar refractivity (Wildman–Crippen MR) is 97.1 cm³/mol. The van der Waals surface area contributed by atoms with Crippen molar-refractivity contribution in [2.75, 3.05) is 6.61 Å². The van der Waals surface area contributed by atoms with Crippen LogP contribution in [0.15, 0.2) is 48.5 Å². The summed E-state index contributed by atoms with van der Waals surface area (Å²) in [7, 11) is 0. The summed E-state index contributed by atoms with van der Waals surface area (Å²) in [5.41, 5.74) is 8.39. The molecule has 0 unspecified atom stereocenters. The lowest BCUT2D eigenvalue weighted by atomic mass is 9.98. The van der Waals surface area contributed by atoms with Gasteiger partial charge in [-0.2, -0.15) is 0 Å². The Morgan fingerprint density at radius 3 is 2.30 bits per heavy atom. The lowest BCUT2D eigenvalue weighted by Gasteiger charge is -2.14. The van der Waals surface area contributed by atoms with Gasteiger partial charge in [0.15, 0.2) is 0 Å². The van der Waals surface area contributed by atoms with Crippen molar-refractivity contribution in [3.05, 3.63) is 54.1 Å². The van der Waals surface area contributed by atoms with Crippen molar-refractivity contribution in [1.29, 1.82) is 5.41 Å². The molecule has 0 aliphatic heterocycles. The third-order valence-corrected chi connectivity index (χ3v) is 3.90. The summed E-state index contributed by atoms with van der Waals surface area (Å²) in [5.74, 6) is 0.937. The summed E-state index contributed by atoms with van der Waals surface area (Å²) >= 11 is 0. The van der Waals surface area contributed by atoms with E-state index >= 15 is 0 Å². The number of amidine groups is 1. The smallest absolute Gasteiger partial charge is 0.127 e. The van der Waals surface area contributed by atoms with Crippen molar-refractivity contribution in [2.45, 2.75) is 39.0 Å². The van der Waals surface area contributed by atoms with Gasteiger partial charge in [-0.15, -0.1) is 0 Å². The Bertz CT molecular complexity index is 637. The van der Waals surface area contributed by atoms with Crippen LogP contribution in [0.3, 0.4) is 0 Å². The van der Waals surface area contributed by atoms with E-state index in [1.807, 2.05) is 48.5 Å². The van der Waals surface area contributed by atoms with E-state index in [1.54, 1.807) is 0 Å². The molecular weight excluding hydrogens is 284 g/mol. The Morgan fingerprint density at radius 1 is 0.913 bits per heavy atom. The third-order valence-electron chi connectivity index (χ3n) is 3.90. The van der Waals surface area contributed by atoms with Gasteiger partial charge in [0.1, 0.15) is 11.6 Å². The molecule has 0 heterocycles. The topological polar surface area (TPSA) is 59.1 Å². The lowest BCUT2D eigenvalue weighted by Crippen LogP contribution is -2.12. The molecule has 3 heteroatoms. The number of rotatable bonds is 9. The van der Waals surface area contributed by atoms with Crippen LogP contribution in [0.25, 0.3) is 11.1 Å². The maximum atomic E-state index is 7.77. The number of nitrogen functional groups attached to an aromatic ring is 1. The minimum absolute atomic E-state index is 0.0787. The minimum atomic E-state index is 0.0787. The molecule has 0 aromatic heterocycles. The maximum absolute atomic E-state index is 7.77. The Hall–Kier alpha value is -2.29. The zero-order valence-corrected chi connectivity index (χ0v) is 13.8. The molecule has 0 amide bonds. The molecule has 0 saturated heterocycles. The van der Waals surface area contributed by atoms with Gasteiger partial charge >= 0.3 is 0 Å². The zero-order chi connectivity index (χ0) is 16.5. The summed E-state index contributed by atoms with van der Waals surface area (Å²) in [6, 6.07) is 15.7. The quantitative estimate of drug-likeness (QED) is 0.389. The van der Waals surface area contributed by atoms with Gasteiger partial charge in [0.05, 0.1) is 6.61 Å². The van der Waals surface area contributed by atoms with E-state index in [1.165, 1.54) is 25.7 Å². The molecule has 0 saturated carbocycles. The fraction of sp³-hybridized carbons (Fsp3) is 0.350. The molecule has 0 aliphatic rings. The highest BCUT2D eigenvalue weighted by molar-refractivity contribution is 6.02. The summed E-state index contributed by atoms with van der Waals surface area (Å²) in [5, 5.41) is 7.77. The van der Waals surface area contributed by atoms with Crippen LogP contribution in [-0.2, 0) is 0 Å². The SMILES string of the molecule is CCCCCCCOc1ccccc1-c1ccccc1C(=N)N. The van der Waals surface area contributed by atoms with Gasteiger partial charge in [-0.05, 0) is 18.1 Å². The Labute approximate surface area is 139 Å². The van der Waals surface area contributed by atoms with E-state index in [0.29, 0.717) is 0 Å². The summed E-state index contributed by atoms with van der Waals surface area (Å²) in [6.07, 6.45) is 6.10. The molecule has 0 aliphatic carbocycles. The van der Waals surface area contributed by atoms with E-state index < -0.39 is 0 Å². The zero-order valence-electron chi connectivity index (χ0n) is 13.8. The highest BCUT2D eigenvalue weighted by atomic mass is 16.5. The minimum Gasteiger partial charge on any atom is -0.493 e. The van der Waals surface area contributed by atoms with Crippen molar-refractivity contribution < 1.29 is 4.74 Å². The van der Waals surface area contributed by atoms with E-state index in [-0.39, 0.29) is 5.84 Å². The van der Waals surface area contributed by atoms with Gasteiger partial charge in [-0.25, -0.2) is 0 Å². The Balaban J connectivity index is 2.11. The number of unbranched alkanes of at least 4 members (excludes halogenated alkanes) is 4. The van der Waals surface area contributed by atoms with Crippen molar-refractivity contribution in [3.8, 4) is 16.9 Å². The van der Waals surface area contributed by atoms with Crippen LogP contribution in [0.1, 0.15) is 44.6 Å². The molecule has 3 N–H and O–H groups in total. The Kier molecular flexibility index (Phi) is 6.67. The molecular formula is C20H26N2O. The fourth-order valence-corrected chi connectivity index (χ4v) is 2.66. The average Bonchev–Trinajstić information content (AvgIpc) is 2.58. The Morgan fingerprint density at radius 2 is 1.57 bits per heavy atom. The second-order valence-corrected chi connectivity index (χ2v) is 5.72. The maximum Gasteiger partial charge on any atom is 0.127 e. The summed E-state index contributed by atoms with van der Waals surface area (Å²) in [4.78, 5) is 0. The van der Waals surface area contributed by atoms with Crippen LogP contribution >= 0.6 is 0 Å². The van der Waals surface area contributed by atoms with Gasteiger partial charge in [-0.1, -0.05) is 75.1 Å². The number of nitrogens with one attached hydrogen (secondary N) is 1. The van der Waals surface area contributed by atoms with Crippen LogP contribution in [0.4, 0.5) is 0 Å². The third kappa shape index (κ3) is 4.85. The molecule has 2 aromatic carbocycles. The molecule has 0 fully saturated rings. The molecule has 0 spiro atoms. The molecule has 122 valence electrons. The van der Waals surface area contributed by atoms with Crippen LogP contribution in [-0.4, -0.2) is 12.4 Å². The highest BCUT2D eigenvalue weighted by Gasteiger charge is 2.11. The van der Waals surface area contributed by atoms with E-state index in [4.69, 9.17) is 15.9 Å². The van der Waals surface area contributed by atoms with E-state index in [9.17, 15) is 0 Å². The standard InChI is InChI=1S/C20H26N2O/c1-2-3-4-5-10-15-23-19-14-9-8-12-17(19)16-11-6-7-13-18(16)20(21)22/h6-9,11-14H,2-5,10,15H2,1H3,(H3,21,22). The first kappa shape index (κ1) is 17.1. The number of hydrogen-bond donors (Lipinski definition) is 2. The number of benzene rings is 2. The molecule has 2 aromatic rings. The van der Waals surface area contributed by atoms with Gasteiger partial charge < -0.3 is 10.5 Å². The van der Waals surface area contributed by atoms with Crippen molar-refractivity contribution in [1.82, 2.24) is 0 Å². The van der Waals surface area contributed by atoms with Crippen molar-refractivity contribution >= 4 is 5.84 Å². The normalized spacial score (nSPS) is 10.5. The number of hydrogen-bond acceptors (Lipinski definition) is 2. The van der Waals surface area contributed by atoms with E-state index in [0.717, 1.165) is 35.5 Å². The van der Waals surface area contributed by atoms with Gasteiger partial charge in [-0.3, -0.25) is 5.41 Å². The summed E-state index contributed by atoms with van der Waals surface area (Å²) < 4.78 is 6.00. The van der Waals surface area contributed by atoms with Gasteiger partial charge in [0, 0.05) is 11.1 Å². The lowest BCUT2D eigenvalue weighted by molar-refractivity contribution is 0.306. The number of ether oxygens (including phenoxy) is 1. The fourth-order valence-electron chi connectivity index (χ4n) is 2.66. The monoisotopic (exact) mass is 310 g/mol. The second-order valence-electron chi connectivity index (χ2n) is 5.72. The van der Waals surface area contributed by atoms with E-state index in [2.05, 4.69) is 6.92 Å². The predicted octanol–water partition coefficient (Wildman–Crippen LogP) is 4.99. The molecule has 2 rings (SSSR count). The molecule has 0 atom stereocenters. The highest BCUT2D eigenvalue weighted by Crippen LogP contribution is 2.32. The van der Waals surface area contributed by atoms with Crippen LogP contribution < -0.4 is 10.5 Å². The van der Waals surface area contributed by atoms with Crippen molar-refractivity contribution in [2.24, 2.45) is 5.73 Å². The van der Waals surface area contributed by atoms with Crippen LogP contribution in [0, 0.1) is 5.41 Å². The number of nitrogens with two attached hydrogens (primary N) is 1. The van der Waals surface area contributed by atoms with Crippen LogP contribution in [0.2, 0.25) is 0 Å². The molecule has 0 radical (unpaired) electrons. The van der Waals surface area contributed by atoms with Gasteiger partial charge in [0.2, 0.25) is 0 Å². The first-order valence-electron chi connectivity index (χ1n) is 8.39. The first-order valence-corrected chi connectivity index (χ1v) is 8.39. The number of para-hydroxylation sites is 1. The average molecular weight is 310 g/mol. The van der Waals surface area contributed by atoms with Crippen LogP contribution in [0.5, 0.6) is 5.75 Å². The molecule has 0 bridgehead atoms. The summed E-state index contributed by atoms with van der Waals surface area (Å²) in [6.45, 7) is 2.95.